The van der Waals surface area contributed by atoms with E-state index in [-0.39, 0.29) is 6.04 Å². The van der Waals surface area contributed by atoms with Crippen molar-refractivity contribution in [3.63, 3.8) is 0 Å². The molecule has 2 aromatic rings. The zero-order chi connectivity index (χ0) is 11.8. The number of rotatable bonds is 3. The van der Waals surface area contributed by atoms with E-state index in [9.17, 15) is 0 Å². The van der Waals surface area contributed by atoms with Crippen LogP contribution in [0.5, 0.6) is 0 Å². The van der Waals surface area contributed by atoms with Crippen molar-refractivity contribution in [2.45, 2.75) is 31.7 Å². The number of nitrogens with one attached hydrogen (secondary N) is 1. The fourth-order valence-corrected chi connectivity index (χ4v) is 2.50. The van der Waals surface area contributed by atoms with E-state index in [1.807, 2.05) is 6.07 Å². The molecular formula is C13H15N3S. The molecule has 1 aromatic heterocycles. The smallest absolute Gasteiger partial charge is 0.195 e. The van der Waals surface area contributed by atoms with E-state index in [0.29, 0.717) is 5.92 Å². The molecule has 0 aliphatic heterocycles. The third-order valence-electron chi connectivity index (χ3n) is 3.34. The highest BCUT2D eigenvalue weighted by atomic mass is 32.1. The van der Waals surface area contributed by atoms with Gasteiger partial charge in [0.25, 0.3) is 0 Å². The van der Waals surface area contributed by atoms with Crippen molar-refractivity contribution in [3.05, 3.63) is 46.5 Å². The third kappa shape index (κ3) is 1.93. The van der Waals surface area contributed by atoms with Gasteiger partial charge in [0.1, 0.15) is 5.82 Å². The minimum atomic E-state index is 0.248. The molecule has 3 nitrogen and oxygen atoms in total. The number of hydrogen-bond acceptors (Lipinski definition) is 2. The van der Waals surface area contributed by atoms with Crippen molar-refractivity contribution in [3.8, 4) is 0 Å². The van der Waals surface area contributed by atoms with Crippen LogP contribution in [0.4, 0.5) is 0 Å². The van der Waals surface area contributed by atoms with Crippen molar-refractivity contribution in [2.24, 2.45) is 0 Å². The van der Waals surface area contributed by atoms with E-state index in [1.165, 1.54) is 18.4 Å². The lowest BCUT2D eigenvalue weighted by atomic mass is 10.1. The van der Waals surface area contributed by atoms with Crippen LogP contribution in [0.1, 0.15) is 43.1 Å². The summed E-state index contributed by atoms with van der Waals surface area (Å²) in [6.45, 7) is 2.17. The number of aromatic amines is 1. The van der Waals surface area contributed by atoms with Crippen LogP contribution in [0, 0.1) is 4.77 Å². The summed E-state index contributed by atoms with van der Waals surface area (Å²) in [6.07, 6.45) is 2.47. The minimum Gasteiger partial charge on any atom is -0.297 e. The van der Waals surface area contributed by atoms with Crippen LogP contribution in [-0.4, -0.2) is 14.8 Å². The Kier molecular flexibility index (Phi) is 2.59. The fourth-order valence-electron chi connectivity index (χ4n) is 2.20. The highest BCUT2D eigenvalue weighted by Gasteiger charge is 2.30. The maximum Gasteiger partial charge on any atom is 0.195 e. The lowest BCUT2D eigenvalue weighted by Crippen LogP contribution is -2.10. The van der Waals surface area contributed by atoms with Gasteiger partial charge in [0, 0.05) is 5.92 Å². The first-order chi connectivity index (χ1) is 8.27. The molecular weight excluding hydrogens is 230 g/mol. The summed E-state index contributed by atoms with van der Waals surface area (Å²) >= 11 is 5.34. The monoisotopic (exact) mass is 245 g/mol. The topological polar surface area (TPSA) is 33.6 Å². The Labute approximate surface area is 105 Å². The van der Waals surface area contributed by atoms with Crippen LogP contribution < -0.4 is 0 Å². The SMILES string of the molecule is C[C@@H](c1ccccc1)n1c(C2CC2)n[nH]c1=S. The summed E-state index contributed by atoms with van der Waals surface area (Å²) < 4.78 is 2.88. The molecule has 1 N–H and O–H groups in total. The predicted molar refractivity (Wildman–Crippen MR) is 69.6 cm³/mol. The van der Waals surface area contributed by atoms with Crippen molar-refractivity contribution >= 4 is 12.2 Å². The first kappa shape index (κ1) is 10.7. The summed E-state index contributed by atoms with van der Waals surface area (Å²) in [4.78, 5) is 0. The Morgan fingerprint density at radius 1 is 1.35 bits per heavy atom. The Morgan fingerprint density at radius 2 is 2.06 bits per heavy atom. The Morgan fingerprint density at radius 3 is 2.71 bits per heavy atom. The van der Waals surface area contributed by atoms with E-state index < -0.39 is 0 Å². The van der Waals surface area contributed by atoms with Gasteiger partial charge in [0.15, 0.2) is 4.77 Å². The van der Waals surface area contributed by atoms with Crippen molar-refractivity contribution < 1.29 is 0 Å². The van der Waals surface area contributed by atoms with Crippen LogP contribution in [0.3, 0.4) is 0 Å². The third-order valence-corrected chi connectivity index (χ3v) is 3.63. The molecule has 1 aromatic carbocycles. The Bertz CT molecular complexity index is 566. The normalized spacial score (nSPS) is 17.0. The number of hydrogen-bond donors (Lipinski definition) is 1. The second-order valence-corrected chi connectivity index (χ2v) is 5.00. The van der Waals surface area contributed by atoms with Gasteiger partial charge in [-0.05, 0) is 37.5 Å². The van der Waals surface area contributed by atoms with Crippen LogP contribution >= 0.6 is 12.2 Å². The molecule has 3 rings (SSSR count). The molecule has 1 aliphatic carbocycles. The number of aromatic nitrogens is 3. The second kappa shape index (κ2) is 4.11. The molecule has 88 valence electrons. The van der Waals surface area contributed by atoms with Gasteiger partial charge < -0.3 is 0 Å². The van der Waals surface area contributed by atoms with Gasteiger partial charge >= 0.3 is 0 Å². The van der Waals surface area contributed by atoms with Gasteiger partial charge in [-0.1, -0.05) is 30.3 Å². The van der Waals surface area contributed by atoms with Gasteiger partial charge in [0.05, 0.1) is 6.04 Å². The quantitative estimate of drug-likeness (QED) is 0.840. The molecule has 1 atom stereocenters. The summed E-state index contributed by atoms with van der Waals surface area (Å²) in [5.41, 5.74) is 1.27. The standard InChI is InChI=1S/C13H15N3S/c1-9(10-5-3-2-4-6-10)16-12(11-7-8-11)14-15-13(16)17/h2-6,9,11H,7-8H2,1H3,(H,15,17)/t9-/m0/s1. The average Bonchev–Trinajstić information content (AvgIpc) is 3.13. The molecule has 4 heteroatoms. The largest absolute Gasteiger partial charge is 0.297 e. The lowest BCUT2D eigenvalue weighted by molar-refractivity contribution is 0.595. The van der Waals surface area contributed by atoms with Gasteiger partial charge in [-0.15, -0.1) is 0 Å². The Hall–Kier alpha value is -1.42. The van der Waals surface area contributed by atoms with Gasteiger partial charge in [-0.2, -0.15) is 5.10 Å². The summed E-state index contributed by atoms with van der Waals surface area (Å²) in [5.74, 6) is 1.72. The van der Waals surface area contributed by atoms with Gasteiger partial charge in [0.2, 0.25) is 0 Å². The number of H-pyrrole nitrogens is 1. The fraction of sp³-hybridized carbons (Fsp3) is 0.385. The second-order valence-electron chi connectivity index (χ2n) is 4.62. The molecule has 0 amide bonds. The maximum atomic E-state index is 5.34. The zero-order valence-corrected chi connectivity index (χ0v) is 10.6. The molecule has 1 heterocycles. The van der Waals surface area contributed by atoms with E-state index in [0.717, 1.165) is 10.6 Å². The summed E-state index contributed by atoms with van der Waals surface area (Å²) in [6, 6.07) is 10.7. The zero-order valence-electron chi connectivity index (χ0n) is 9.76. The molecule has 0 spiro atoms. The first-order valence-electron chi connectivity index (χ1n) is 5.99. The van der Waals surface area contributed by atoms with Gasteiger partial charge in [-0.25, -0.2) is 0 Å². The molecule has 1 fully saturated rings. The Balaban J connectivity index is 2.04. The minimum absolute atomic E-state index is 0.248. The maximum absolute atomic E-state index is 5.34. The molecule has 0 saturated heterocycles. The number of benzene rings is 1. The molecule has 0 bridgehead atoms. The first-order valence-corrected chi connectivity index (χ1v) is 6.40. The molecule has 1 aliphatic rings. The summed E-state index contributed by atoms with van der Waals surface area (Å²) in [5, 5.41) is 7.30. The molecule has 17 heavy (non-hydrogen) atoms. The van der Waals surface area contributed by atoms with Crippen molar-refractivity contribution in [2.75, 3.05) is 0 Å². The van der Waals surface area contributed by atoms with Crippen molar-refractivity contribution in [1.29, 1.82) is 0 Å². The van der Waals surface area contributed by atoms with Crippen LogP contribution in [0.15, 0.2) is 30.3 Å². The molecule has 0 radical (unpaired) electrons. The van der Waals surface area contributed by atoms with Crippen LogP contribution in [0.2, 0.25) is 0 Å². The van der Waals surface area contributed by atoms with Crippen molar-refractivity contribution in [1.82, 2.24) is 14.8 Å². The number of nitrogens with zero attached hydrogens (tertiary/aromatic N) is 2. The summed E-state index contributed by atoms with van der Waals surface area (Å²) in [7, 11) is 0. The predicted octanol–water partition coefficient (Wildman–Crippen LogP) is 3.43. The van der Waals surface area contributed by atoms with E-state index >= 15 is 0 Å². The highest BCUT2D eigenvalue weighted by molar-refractivity contribution is 7.71. The average molecular weight is 245 g/mol. The lowest BCUT2D eigenvalue weighted by Gasteiger charge is -2.15. The van der Waals surface area contributed by atoms with E-state index in [2.05, 4.69) is 46.0 Å². The molecule has 1 saturated carbocycles. The van der Waals surface area contributed by atoms with E-state index in [4.69, 9.17) is 12.2 Å². The molecule has 0 unspecified atom stereocenters. The van der Waals surface area contributed by atoms with Crippen LogP contribution in [-0.2, 0) is 0 Å². The van der Waals surface area contributed by atoms with Gasteiger partial charge in [-0.3, -0.25) is 9.67 Å². The van der Waals surface area contributed by atoms with E-state index in [1.54, 1.807) is 0 Å². The highest BCUT2D eigenvalue weighted by Crippen LogP contribution is 2.40. The van der Waals surface area contributed by atoms with Crippen LogP contribution in [0.25, 0.3) is 0 Å².